The molecular weight excluding hydrogens is 533 g/mol. The molecule has 5 atom stereocenters. The lowest BCUT2D eigenvalue weighted by Gasteiger charge is -2.68. The molecule has 2 saturated carbocycles. The zero-order valence-corrected chi connectivity index (χ0v) is 23.2. The number of aromatic hydroxyl groups is 1. The molecule has 9 heteroatoms. The molecule has 2 aromatic rings. The molecule has 0 aromatic heterocycles. The highest BCUT2D eigenvalue weighted by atomic mass is 19.4. The Morgan fingerprint density at radius 3 is 2.71 bits per heavy atom. The molecule has 2 N–H and O–H groups in total. The van der Waals surface area contributed by atoms with E-state index in [9.17, 15) is 28.2 Å². The van der Waals surface area contributed by atoms with Crippen LogP contribution in [0.5, 0.6) is 11.5 Å². The molecule has 3 aliphatic carbocycles. The van der Waals surface area contributed by atoms with Gasteiger partial charge in [-0.05, 0) is 93.3 Å². The monoisotopic (exact) mass is 568 g/mol. The average molecular weight is 569 g/mol. The lowest BCUT2D eigenvalue weighted by atomic mass is 9.44. The lowest BCUT2D eigenvalue weighted by molar-refractivity contribution is -0.229. The van der Waals surface area contributed by atoms with E-state index in [4.69, 9.17) is 4.74 Å². The Morgan fingerprint density at radius 2 is 1.98 bits per heavy atom. The second-order valence-electron chi connectivity index (χ2n) is 12.9. The van der Waals surface area contributed by atoms with Crippen molar-refractivity contribution >= 4 is 12.0 Å². The maximum Gasteiger partial charge on any atom is 0.416 e. The fourth-order valence-corrected chi connectivity index (χ4v) is 8.73. The first-order chi connectivity index (χ1) is 19.4. The van der Waals surface area contributed by atoms with Crippen LogP contribution in [0.15, 0.2) is 42.5 Å². The highest BCUT2D eigenvalue weighted by Crippen LogP contribution is 2.69. The van der Waals surface area contributed by atoms with E-state index in [2.05, 4.69) is 4.90 Å². The van der Waals surface area contributed by atoms with Crippen LogP contribution in [-0.2, 0) is 22.8 Å². The molecular formula is C32H35F3N2O4. The number of alkyl halides is 3. The van der Waals surface area contributed by atoms with Crippen LogP contribution >= 0.6 is 0 Å². The Balaban J connectivity index is 1.24. The SMILES string of the molecule is CN(C(=O)/C=C/c1cccc(C(F)(F)F)c1)C1CC[C@@]2(O)[C@H]3Cc4ccc(O)c5c4[C@@]2(CCN3CC2CC2)C1(C)O5. The van der Waals surface area contributed by atoms with Gasteiger partial charge in [0.05, 0.1) is 22.6 Å². The minimum atomic E-state index is -4.47. The minimum Gasteiger partial charge on any atom is -0.504 e. The molecule has 7 rings (SSSR count). The Hall–Kier alpha value is -3.04. The number of likely N-dealkylation sites (N-methyl/N-ethyl adjacent to an activating group) is 1. The molecule has 2 aromatic carbocycles. The summed E-state index contributed by atoms with van der Waals surface area (Å²) in [6, 6.07) is 7.97. The van der Waals surface area contributed by atoms with E-state index < -0.39 is 34.4 Å². The fraction of sp³-hybridized carbons (Fsp3) is 0.531. The standard InChI is InChI=1S/C32H35F3N2O4/c1-29-24(36(2)26(39)11-8-19-4-3-5-22(16-19)32(33,34)35)12-13-31(40)25-17-21-9-10-23(38)28(41-29)27(21)30(29,31)14-15-37(25)18-20-6-7-20/h3-5,8-11,16,20,24-25,38,40H,6-7,12-15,17-18H2,1-2H3/b11-8+/t24?,25-,29?,30+,31-/m1/s1. The Labute approximate surface area is 237 Å². The molecule has 2 unspecified atom stereocenters. The van der Waals surface area contributed by atoms with Gasteiger partial charge in [0.25, 0.3) is 0 Å². The summed E-state index contributed by atoms with van der Waals surface area (Å²) in [4.78, 5) is 17.6. The van der Waals surface area contributed by atoms with Crippen LogP contribution in [-0.4, -0.2) is 69.3 Å². The van der Waals surface area contributed by atoms with Gasteiger partial charge in [0.2, 0.25) is 5.91 Å². The van der Waals surface area contributed by atoms with Crippen molar-refractivity contribution in [2.45, 2.75) is 80.3 Å². The van der Waals surface area contributed by atoms with Crippen molar-refractivity contribution in [3.63, 3.8) is 0 Å². The number of carbonyl (C=O) groups excluding carboxylic acids is 1. The molecule has 6 nitrogen and oxygen atoms in total. The van der Waals surface area contributed by atoms with Crippen LogP contribution in [0.2, 0.25) is 0 Å². The van der Waals surface area contributed by atoms with E-state index >= 15 is 0 Å². The van der Waals surface area contributed by atoms with E-state index in [0.29, 0.717) is 37.4 Å². The Kier molecular flexibility index (Phi) is 5.72. The molecule has 1 spiro atoms. The largest absolute Gasteiger partial charge is 0.504 e. The predicted molar refractivity (Wildman–Crippen MR) is 146 cm³/mol. The number of hydrogen-bond acceptors (Lipinski definition) is 5. The van der Waals surface area contributed by atoms with Crippen LogP contribution in [0.4, 0.5) is 13.2 Å². The normalized spacial score (nSPS) is 33.9. The summed E-state index contributed by atoms with van der Waals surface area (Å²) >= 11 is 0. The lowest BCUT2D eigenvalue weighted by Crippen LogP contribution is -2.82. The van der Waals surface area contributed by atoms with E-state index in [1.807, 2.05) is 13.0 Å². The van der Waals surface area contributed by atoms with Crippen LogP contribution in [0.25, 0.3) is 6.08 Å². The van der Waals surface area contributed by atoms with Crippen LogP contribution < -0.4 is 4.74 Å². The maximum atomic E-state index is 13.5. The number of phenolic OH excluding ortho intramolecular Hbond substituents is 1. The smallest absolute Gasteiger partial charge is 0.416 e. The first-order valence-electron chi connectivity index (χ1n) is 14.5. The summed E-state index contributed by atoms with van der Waals surface area (Å²) in [5, 5.41) is 23.7. The second-order valence-corrected chi connectivity index (χ2v) is 12.9. The van der Waals surface area contributed by atoms with Gasteiger partial charge in [0.1, 0.15) is 5.60 Å². The van der Waals surface area contributed by atoms with Crippen LogP contribution in [0.1, 0.15) is 61.3 Å². The van der Waals surface area contributed by atoms with Gasteiger partial charge in [-0.3, -0.25) is 9.69 Å². The van der Waals surface area contributed by atoms with E-state index in [0.717, 1.165) is 36.3 Å². The quantitative estimate of drug-likeness (QED) is 0.502. The van der Waals surface area contributed by atoms with Crippen molar-refractivity contribution in [2.24, 2.45) is 5.92 Å². The van der Waals surface area contributed by atoms with Gasteiger partial charge < -0.3 is 19.8 Å². The van der Waals surface area contributed by atoms with Gasteiger partial charge in [-0.25, -0.2) is 0 Å². The van der Waals surface area contributed by atoms with Crippen LogP contribution in [0.3, 0.4) is 0 Å². The minimum absolute atomic E-state index is 0.0344. The maximum absolute atomic E-state index is 13.5. The van der Waals surface area contributed by atoms with Crippen molar-refractivity contribution in [3.05, 3.63) is 64.7 Å². The molecule has 218 valence electrons. The summed E-state index contributed by atoms with van der Waals surface area (Å²) in [6.07, 6.45) is 2.98. The van der Waals surface area contributed by atoms with Crippen molar-refractivity contribution in [2.75, 3.05) is 20.1 Å². The van der Waals surface area contributed by atoms with Crippen molar-refractivity contribution in [3.8, 4) is 11.5 Å². The van der Waals surface area contributed by atoms with Gasteiger partial charge >= 0.3 is 6.18 Å². The Bertz CT molecular complexity index is 1450. The first kappa shape index (κ1) is 26.8. The third-order valence-corrected chi connectivity index (χ3v) is 10.8. The fourth-order valence-electron chi connectivity index (χ4n) is 8.73. The van der Waals surface area contributed by atoms with Crippen molar-refractivity contribution in [1.29, 1.82) is 0 Å². The highest BCUT2D eigenvalue weighted by Gasteiger charge is 2.78. The number of ether oxygens (including phenoxy) is 1. The number of phenols is 1. The zero-order chi connectivity index (χ0) is 28.9. The number of aliphatic hydroxyl groups is 1. The van der Waals surface area contributed by atoms with E-state index in [1.165, 1.54) is 37.1 Å². The average Bonchev–Trinajstić information content (AvgIpc) is 3.69. The summed E-state index contributed by atoms with van der Waals surface area (Å²) < 4.78 is 46.3. The number of carbonyl (C=O) groups is 1. The number of rotatable bonds is 5. The summed E-state index contributed by atoms with van der Waals surface area (Å²) in [6.45, 7) is 3.74. The van der Waals surface area contributed by atoms with Gasteiger partial charge in [0.15, 0.2) is 11.5 Å². The van der Waals surface area contributed by atoms with Crippen molar-refractivity contribution in [1.82, 2.24) is 9.80 Å². The molecule has 3 fully saturated rings. The number of halogens is 3. The summed E-state index contributed by atoms with van der Waals surface area (Å²) in [5.41, 5.74) is -1.45. The molecule has 2 heterocycles. The highest BCUT2D eigenvalue weighted by molar-refractivity contribution is 5.92. The summed E-state index contributed by atoms with van der Waals surface area (Å²) in [5.74, 6) is 0.759. The predicted octanol–water partition coefficient (Wildman–Crippen LogP) is 4.91. The van der Waals surface area contributed by atoms with E-state index in [1.54, 1.807) is 18.0 Å². The van der Waals surface area contributed by atoms with Crippen LogP contribution in [0, 0.1) is 5.92 Å². The molecule has 1 amide bonds. The third kappa shape index (κ3) is 3.67. The molecule has 0 radical (unpaired) electrons. The molecule has 1 saturated heterocycles. The number of piperidine rings is 1. The molecule has 5 aliphatic rings. The molecule has 2 bridgehead atoms. The number of hydrogen-bond donors (Lipinski definition) is 2. The zero-order valence-electron chi connectivity index (χ0n) is 23.2. The summed E-state index contributed by atoms with van der Waals surface area (Å²) in [7, 11) is 1.69. The molecule has 41 heavy (non-hydrogen) atoms. The van der Waals surface area contributed by atoms with Gasteiger partial charge in [-0.2, -0.15) is 13.2 Å². The Morgan fingerprint density at radius 1 is 1.20 bits per heavy atom. The number of likely N-dealkylation sites (tertiary alicyclic amines) is 1. The number of amides is 1. The van der Waals surface area contributed by atoms with Gasteiger partial charge in [-0.15, -0.1) is 0 Å². The first-order valence-corrected chi connectivity index (χ1v) is 14.5. The van der Waals surface area contributed by atoms with Crippen molar-refractivity contribution < 1.29 is 32.9 Å². The van der Waals surface area contributed by atoms with Gasteiger partial charge in [0, 0.05) is 31.3 Å². The molecule has 2 aliphatic heterocycles. The number of benzene rings is 2. The second kappa shape index (κ2) is 8.74. The van der Waals surface area contributed by atoms with E-state index in [-0.39, 0.29) is 23.3 Å². The number of nitrogens with zero attached hydrogens (tertiary/aromatic N) is 2. The third-order valence-electron chi connectivity index (χ3n) is 10.8. The topological polar surface area (TPSA) is 73.2 Å². The van der Waals surface area contributed by atoms with Gasteiger partial charge in [-0.1, -0.05) is 18.2 Å².